The molecule has 0 aliphatic carbocycles. The zero-order valence-electron chi connectivity index (χ0n) is 29.5. The van der Waals surface area contributed by atoms with Gasteiger partial charge in [0.05, 0.1) is 28.6 Å². The Morgan fingerprint density at radius 2 is 0.926 bits per heavy atom. The molecule has 3 aliphatic rings. The highest BCUT2D eigenvalue weighted by Gasteiger charge is 2.45. The molecule has 0 saturated carbocycles. The van der Waals surface area contributed by atoms with Gasteiger partial charge in [0.2, 0.25) is 0 Å². The van der Waals surface area contributed by atoms with E-state index in [1.165, 1.54) is 0 Å². The number of aliphatic imine (C=N–C) groups is 2. The summed E-state index contributed by atoms with van der Waals surface area (Å²) < 4.78 is 0. The molecule has 54 heavy (non-hydrogen) atoms. The van der Waals surface area contributed by atoms with Crippen molar-refractivity contribution in [1.29, 1.82) is 0 Å². The Morgan fingerprint density at radius 1 is 0.426 bits per heavy atom. The topological polar surface area (TPSA) is 56.3 Å². The van der Waals surface area contributed by atoms with Crippen LogP contribution in [0.25, 0.3) is 16.7 Å². The minimum absolute atomic E-state index is 0.264. The fraction of sp³-hybridized carbons (Fsp3) is 0.0400. The number of aromatic amines is 2. The predicted molar refractivity (Wildman–Crippen MR) is 221 cm³/mol. The molecule has 1 unspecified atom stereocenters. The van der Waals surface area contributed by atoms with Crippen molar-refractivity contribution in [3.05, 3.63) is 256 Å². The second-order valence-corrected chi connectivity index (χ2v) is 13.9. The number of rotatable bonds is 5. The molecule has 10 rings (SSSR count). The molecule has 0 radical (unpaired) electrons. The van der Waals surface area contributed by atoms with Gasteiger partial charge in [0.1, 0.15) is 0 Å². The van der Waals surface area contributed by atoms with E-state index in [4.69, 9.17) is 9.98 Å². The standard InChI is InChI=1S/C50H36N4/c1-6-16-34(17-7-1)47-39-26-28-41(51-39)48(35-18-8-2-9-19-35)43-30-32-45(53-43)50(37-22-12-4-13-23-37,38-24-14-5-15-25-38)46-33-31-44(54-46)49(36-20-10-3-11-21-36)42-29-27-40(47)52-42/h1-33,45,51,54H/b47-39-,48-41-,49-42-. The Morgan fingerprint density at radius 3 is 1.48 bits per heavy atom. The van der Waals surface area contributed by atoms with Gasteiger partial charge in [-0.25, -0.2) is 4.99 Å². The summed E-state index contributed by atoms with van der Waals surface area (Å²) in [6, 6.07) is 61.9. The SMILES string of the molecule is C1=C/C2=C(\c3ccccc3)c3ccc([nH]3)C(c3ccccc3)(c3ccccc3)C3C=CC(=N3)/C(c3ccccc3)=c3/cc/c([nH]3)=C(\c3ccccc3)C1=N2. The smallest absolute Gasteiger partial charge is 0.0883 e. The average Bonchev–Trinajstić information content (AvgIpc) is 4.08. The van der Waals surface area contributed by atoms with Crippen molar-refractivity contribution in [1.82, 2.24) is 9.97 Å². The monoisotopic (exact) mass is 692 g/mol. The van der Waals surface area contributed by atoms with Crippen molar-refractivity contribution < 1.29 is 0 Å². The molecule has 2 N–H and O–H groups in total. The molecule has 4 heteroatoms. The first-order valence-electron chi connectivity index (χ1n) is 18.5. The van der Waals surface area contributed by atoms with Crippen LogP contribution < -0.4 is 10.7 Å². The van der Waals surface area contributed by atoms with Gasteiger partial charge in [0, 0.05) is 38.8 Å². The summed E-state index contributed by atoms with van der Waals surface area (Å²) >= 11 is 0. The maximum atomic E-state index is 5.72. The number of fused-ring (bicyclic) bond motifs is 6. The Bertz CT molecular complexity index is 2740. The van der Waals surface area contributed by atoms with Gasteiger partial charge in [-0.3, -0.25) is 4.99 Å². The molecule has 3 aliphatic heterocycles. The van der Waals surface area contributed by atoms with Gasteiger partial charge in [0.15, 0.2) is 0 Å². The van der Waals surface area contributed by atoms with Gasteiger partial charge in [-0.2, -0.15) is 0 Å². The van der Waals surface area contributed by atoms with Gasteiger partial charge in [-0.1, -0.05) is 158 Å². The van der Waals surface area contributed by atoms with E-state index in [9.17, 15) is 0 Å². The minimum atomic E-state index is -0.681. The first-order valence-corrected chi connectivity index (χ1v) is 18.5. The van der Waals surface area contributed by atoms with Gasteiger partial charge >= 0.3 is 0 Å². The second-order valence-electron chi connectivity index (χ2n) is 13.9. The van der Waals surface area contributed by atoms with E-state index in [0.29, 0.717) is 0 Å². The lowest BCUT2D eigenvalue weighted by atomic mass is 9.67. The molecule has 2 aromatic heterocycles. The normalized spacial score (nSPS) is 20.5. The number of nitrogens with zero attached hydrogens (tertiary/aromatic N) is 2. The van der Waals surface area contributed by atoms with E-state index in [1.807, 2.05) is 0 Å². The molecular weight excluding hydrogens is 657 g/mol. The van der Waals surface area contributed by atoms with Crippen LogP contribution in [0.3, 0.4) is 0 Å². The number of nitrogens with one attached hydrogen (secondary N) is 2. The van der Waals surface area contributed by atoms with Crippen LogP contribution in [0, 0.1) is 0 Å². The fourth-order valence-electron chi connectivity index (χ4n) is 8.42. The van der Waals surface area contributed by atoms with Crippen molar-refractivity contribution in [3.8, 4) is 0 Å². The van der Waals surface area contributed by atoms with Crippen molar-refractivity contribution in [2.45, 2.75) is 11.5 Å². The van der Waals surface area contributed by atoms with Crippen LogP contribution in [-0.4, -0.2) is 27.4 Å². The molecule has 256 valence electrons. The van der Waals surface area contributed by atoms with E-state index in [-0.39, 0.29) is 6.04 Å². The molecule has 0 spiro atoms. The van der Waals surface area contributed by atoms with Crippen molar-refractivity contribution in [2.24, 2.45) is 9.98 Å². The van der Waals surface area contributed by atoms with Crippen molar-refractivity contribution in [2.75, 3.05) is 0 Å². The van der Waals surface area contributed by atoms with Crippen molar-refractivity contribution >= 4 is 28.1 Å². The van der Waals surface area contributed by atoms with E-state index in [1.54, 1.807) is 0 Å². The molecule has 1 atom stereocenters. The summed E-state index contributed by atoms with van der Waals surface area (Å²) in [5, 5.41) is 1.99. The molecular formula is C50H36N4. The fourth-order valence-corrected chi connectivity index (χ4v) is 8.42. The van der Waals surface area contributed by atoms with E-state index in [2.05, 4.69) is 210 Å². The number of benzene rings is 5. The number of aromatic nitrogens is 2. The van der Waals surface area contributed by atoms with E-state index < -0.39 is 5.41 Å². The van der Waals surface area contributed by atoms with E-state index in [0.717, 1.165) is 83.7 Å². The first-order chi connectivity index (χ1) is 26.8. The third-order valence-electron chi connectivity index (χ3n) is 10.8. The summed E-state index contributed by atoms with van der Waals surface area (Å²) in [5.41, 5.74) is 12.8. The quantitative estimate of drug-likeness (QED) is 0.181. The summed E-state index contributed by atoms with van der Waals surface area (Å²) in [7, 11) is 0. The predicted octanol–water partition coefficient (Wildman–Crippen LogP) is 8.94. The number of H-pyrrole nitrogens is 2. The van der Waals surface area contributed by atoms with Gasteiger partial charge in [0.25, 0.3) is 0 Å². The maximum Gasteiger partial charge on any atom is 0.0883 e. The third-order valence-corrected chi connectivity index (χ3v) is 10.8. The number of allylic oxidation sites excluding steroid dienone is 3. The van der Waals surface area contributed by atoms with Crippen molar-refractivity contribution in [3.63, 3.8) is 0 Å². The summed E-state index contributed by atoms with van der Waals surface area (Å²) in [5.74, 6) is 0. The highest BCUT2D eigenvalue weighted by Crippen LogP contribution is 2.46. The van der Waals surface area contributed by atoms with Gasteiger partial charge in [-0.05, 0) is 70.3 Å². The first kappa shape index (κ1) is 31.7. The molecule has 0 amide bonds. The molecule has 5 heterocycles. The second kappa shape index (κ2) is 13.2. The highest BCUT2D eigenvalue weighted by molar-refractivity contribution is 6.31. The molecule has 7 aromatic rings. The summed E-state index contributed by atoms with van der Waals surface area (Å²) in [6.07, 6.45) is 8.80. The lowest BCUT2D eigenvalue weighted by Crippen LogP contribution is -2.40. The van der Waals surface area contributed by atoms with Crippen LogP contribution in [-0.2, 0) is 5.41 Å². The molecule has 5 aromatic carbocycles. The largest absolute Gasteiger partial charge is 0.357 e. The van der Waals surface area contributed by atoms with Crippen LogP contribution in [0.2, 0.25) is 0 Å². The Balaban J connectivity index is 1.36. The Kier molecular flexibility index (Phi) is 7.73. The van der Waals surface area contributed by atoms with Crippen LogP contribution in [0.15, 0.2) is 216 Å². The minimum Gasteiger partial charge on any atom is -0.357 e. The Hall–Kier alpha value is -7.04. The van der Waals surface area contributed by atoms with E-state index >= 15 is 0 Å². The average molecular weight is 693 g/mol. The number of hydrogen-bond donors (Lipinski definition) is 2. The van der Waals surface area contributed by atoms with Crippen LogP contribution in [0.1, 0.15) is 39.2 Å². The molecule has 8 bridgehead atoms. The lowest BCUT2D eigenvalue weighted by molar-refractivity contribution is 0.539. The number of hydrogen-bond acceptors (Lipinski definition) is 2. The maximum absolute atomic E-state index is 5.72. The summed E-state index contributed by atoms with van der Waals surface area (Å²) in [6.45, 7) is 0. The zero-order chi connectivity index (χ0) is 35.9. The van der Waals surface area contributed by atoms with Gasteiger partial charge < -0.3 is 9.97 Å². The van der Waals surface area contributed by atoms with Crippen LogP contribution in [0.4, 0.5) is 0 Å². The molecule has 0 fully saturated rings. The Labute approximate surface area is 314 Å². The molecule has 4 nitrogen and oxygen atoms in total. The lowest BCUT2D eigenvalue weighted by Gasteiger charge is -2.38. The summed E-state index contributed by atoms with van der Waals surface area (Å²) in [4.78, 5) is 19.0. The zero-order valence-corrected chi connectivity index (χ0v) is 29.5. The highest BCUT2D eigenvalue weighted by atomic mass is 14.9. The third kappa shape index (κ3) is 5.22. The van der Waals surface area contributed by atoms with Crippen LogP contribution >= 0.6 is 0 Å². The molecule has 0 saturated heterocycles. The van der Waals surface area contributed by atoms with Crippen LogP contribution in [0.5, 0.6) is 0 Å². The van der Waals surface area contributed by atoms with Gasteiger partial charge in [-0.15, -0.1) is 0 Å².